The van der Waals surface area contributed by atoms with Crippen LogP contribution in [0.5, 0.6) is 0 Å². The summed E-state index contributed by atoms with van der Waals surface area (Å²) in [7, 11) is 2.18. The first-order valence-corrected chi connectivity index (χ1v) is 13.4. The summed E-state index contributed by atoms with van der Waals surface area (Å²) >= 11 is 8.24. The minimum absolute atomic E-state index is 0.485. The highest BCUT2D eigenvalue weighted by atomic mass is 35.5. The quantitative estimate of drug-likeness (QED) is 0.388. The second kappa shape index (κ2) is 11.6. The summed E-state index contributed by atoms with van der Waals surface area (Å²) in [5.41, 5.74) is 3.25. The first-order valence-electron chi connectivity index (χ1n) is 12.2. The van der Waals surface area contributed by atoms with Gasteiger partial charge in [0.05, 0.1) is 11.9 Å². The van der Waals surface area contributed by atoms with Crippen LogP contribution in [0.3, 0.4) is 0 Å². The van der Waals surface area contributed by atoms with Gasteiger partial charge in [0.2, 0.25) is 5.95 Å². The van der Waals surface area contributed by atoms with E-state index in [0.717, 1.165) is 62.1 Å². The van der Waals surface area contributed by atoms with Crippen molar-refractivity contribution in [3.8, 4) is 0 Å². The molecule has 2 aromatic carbocycles. The van der Waals surface area contributed by atoms with E-state index in [4.69, 9.17) is 11.6 Å². The van der Waals surface area contributed by atoms with E-state index in [-0.39, 0.29) is 0 Å². The predicted molar refractivity (Wildman–Crippen MR) is 146 cm³/mol. The second-order valence-electron chi connectivity index (χ2n) is 9.14. The Hall–Kier alpha value is -2.36. The van der Waals surface area contributed by atoms with E-state index in [9.17, 15) is 0 Å². The van der Waals surface area contributed by atoms with E-state index in [1.165, 1.54) is 18.4 Å². The van der Waals surface area contributed by atoms with Gasteiger partial charge in [-0.25, -0.2) is 9.29 Å². The third kappa shape index (κ3) is 6.65. The summed E-state index contributed by atoms with van der Waals surface area (Å²) in [6, 6.07) is 16.8. The Kier molecular flexibility index (Phi) is 8.06. The van der Waals surface area contributed by atoms with Gasteiger partial charge in [-0.15, -0.1) is 0 Å². The number of aromatic nitrogens is 2. The van der Waals surface area contributed by atoms with Crippen molar-refractivity contribution in [2.75, 3.05) is 56.9 Å². The van der Waals surface area contributed by atoms with Crippen LogP contribution < -0.4 is 10.6 Å². The number of hydrogen-bond acceptors (Lipinski definition) is 8. The first kappa shape index (κ1) is 24.3. The third-order valence-corrected chi connectivity index (χ3v) is 7.84. The lowest BCUT2D eigenvalue weighted by molar-refractivity contribution is 0.148. The number of likely N-dealkylation sites (N-methyl/N-ethyl adjacent to an activating group) is 1. The van der Waals surface area contributed by atoms with Crippen LogP contribution in [0, 0.1) is 0 Å². The van der Waals surface area contributed by atoms with Gasteiger partial charge in [-0.2, -0.15) is 4.98 Å². The van der Waals surface area contributed by atoms with Crippen molar-refractivity contribution in [3.63, 3.8) is 0 Å². The van der Waals surface area contributed by atoms with E-state index in [2.05, 4.69) is 84.2 Å². The monoisotopic (exact) mass is 509 g/mol. The lowest BCUT2D eigenvalue weighted by atomic mass is 10.2. The number of halogens is 1. The number of benzene rings is 2. The molecule has 0 unspecified atom stereocenters. The van der Waals surface area contributed by atoms with E-state index in [1.54, 1.807) is 18.1 Å². The van der Waals surface area contributed by atoms with E-state index in [0.29, 0.717) is 16.8 Å². The van der Waals surface area contributed by atoms with Crippen LogP contribution in [0.15, 0.2) is 59.6 Å². The molecular weight excluding hydrogens is 478 g/mol. The molecule has 9 heteroatoms. The first-order chi connectivity index (χ1) is 17.1. The van der Waals surface area contributed by atoms with Gasteiger partial charge >= 0.3 is 0 Å². The summed E-state index contributed by atoms with van der Waals surface area (Å²) in [5, 5.41) is 7.22. The maximum absolute atomic E-state index is 6.45. The highest BCUT2D eigenvalue weighted by molar-refractivity contribution is 7.97. The van der Waals surface area contributed by atoms with Crippen molar-refractivity contribution in [3.05, 3.63) is 65.3 Å². The highest BCUT2D eigenvalue weighted by Gasteiger charge is 2.16. The number of anilines is 4. The van der Waals surface area contributed by atoms with Crippen LogP contribution in [-0.4, -0.2) is 70.4 Å². The molecule has 3 heterocycles. The molecule has 35 heavy (non-hydrogen) atoms. The molecule has 2 aliphatic rings. The molecule has 2 saturated heterocycles. The molecule has 2 aliphatic heterocycles. The van der Waals surface area contributed by atoms with Gasteiger partial charge in [0.15, 0.2) is 5.82 Å². The molecule has 0 atom stereocenters. The Labute approximate surface area is 217 Å². The van der Waals surface area contributed by atoms with Gasteiger partial charge in [-0.05, 0) is 61.7 Å². The minimum atomic E-state index is 0.485. The zero-order chi connectivity index (χ0) is 24.0. The van der Waals surface area contributed by atoms with Crippen molar-refractivity contribution >= 4 is 46.7 Å². The molecule has 7 nitrogen and oxygen atoms in total. The van der Waals surface area contributed by atoms with Crippen LogP contribution >= 0.6 is 23.5 Å². The molecule has 3 aromatic rings. The van der Waals surface area contributed by atoms with E-state index in [1.807, 2.05) is 6.07 Å². The zero-order valence-corrected chi connectivity index (χ0v) is 21.7. The minimum Gasteiger partial charge on any atom is -0.338 e. The number of rotatable bonds is 8. The van der Waals surface area contributed by atoms with Gasteiger partial charge in [0.25, 0.3) is 0 Å². The summed E-state index contributed by atoms with van der Waals surface area (Å²) < 4.78 is 2.41. The molecule has 1 aromatic heterocycles. The number of para-hydroxylation sites is 1. The van der Waals surface area contributed by atoms with Gasteiger partial charge in [-0.3, -0.25) is 4.90 Å². The van der Waals surface area contributed by atoms with Crippen molar-refractivity contribution in [2.24, 2.45) is 0 Å². The number of piperazine rings is 1. The van der Waals surface area contributed by atoms with Crippen molar-refractivity contribution in [1.82, 2.24) is 24.1 Å². The fourth-order valence-corrected chi connectivity index (χ4v) is 5.51. The largest absolute Gasteiger partial charge is 0.338 e. The smallest absolute Gasteiger partial charge is 0.229 e. The number of nitrogens with zero attached hydrogens (tertiary/aromatic N) is 5. The summed E-state index contributed by atoms with van der Waals surface area (Å²) in [6.07, 6.45) is 4.15. The van der Waals surface area contributed by atoms with Crippen LogP contribution in [-0.2, 0) is 6.54 Å². The SMILES string of the molecule is CN1CCN(Cc2ccc(Nc3ncc(Cl)c(Nc4ccccc4SN4CCCC4)n3)cc2)CC1. The topological polar surface area (TPSA) is 59.6 Å². The normalized spacial score (nSPS) is 17.5. The highest BCUT2D eigenvalue weighted by Crippen LogP contribution is 2.35. The second-order valence-corrected chi connectivity index (χ2v) is 10.7. The lowest BCUT2D eigenvalue weighted by Gasteiger charge is -2.32. The van der Waals surface area contributed by atoms with E-state index >= 15 is 0 Å². The molecule has 0 radical (unpaired) electrons. The molecule has 2 N–H and O–H groups in total. The fourth-order valence-electron chi connectivity index (χ4n) is 4.30. The molecule has 184 valence electrons. The Morgan fingerprint density at radius 1 is 0.914 bits per heavy atom. The summed E-state index contributed by atoms with van der Waals surface area (Å²) in [6.45, 7) is 7.71. The molecule has 0 amide bonds. The average Bonchev–Trinajstić information content (AvgIpc) is 3.38. The third-order valence-electron chi connectivity index (χ3n) is 6.39. The van der Waals surface area contributed by atoms with E-state index < -0.39 is 0 Å². The molecule has 2 fully saturated rings. The lowest BCUT2D eigenvalue weighted by Crippen LogP contribution is -2.43. The van der Waals surface area contributed by atoms with Crippen LogP contribution in [0.25, 0.3) is 0 Å². The average molecular weight is 510 g/mol. The molecule has 5 rings (SSSR count). The standard InChI is InChI=1S/C26H32ClN7S/c1-32-14-16-33(17-15-32)19-20-8-10-21(11-9-20)29-26-28-18-22(27)25(31-26)30-23-6-2-3-7-24(23)35-34-12-4-5-13-34/h2-3,6-11,18H,4-5,12-17,19H2,1H3,(H2,28,29,30,31). The molecule has 0 spiro atoms. The van der Waals surface area contributed by atoms with Gasteiger partial charge in [0, 0.05) is 56.4 Å². The Morgan fingerprint density at radius 3 is 2.43 bits per heavy atom. The van der Waals surface area contributed by atoms with Crippen molar-refractivity contribution in [2.45, 2.75) is 24.3 Å². The van der Waals surface area contributed by atoms with Crippen LogP contribution in [0.4, 0.5) is 23.1 Å². The summed E-state index contributed by atoms with van der Waals surface area (Å²) in [5.74, 6) is 1.10. The maximum atomic E-state index is 6.45. The Bertz CT molecular complexity index is 1110. The van der Waals surface area contributed by atoms with Crippen molar-refractivity contribution in [1.29, 1.82) is 0 Å². The predicted octanol–water partition coefficient (Wildman–Crippen LogP) is 5.47. The van der Waals surface area contributed by atoms with Crippen LogP contribution in [0.2, 0.25) is 5.02 Å². The molecule has 0 aliphatic carbocycles. The van der Waals surface area contributed by atoms with Crippen LogP contribution in [0.1, 0.15) is 18.4 Å². The molecular formula is C26H32ClN7S. The fraction of sp³-hybridized carbons (Fsp3) is 0.385. The molecule has 0 saturated carbocycles. The van der Waals surface area contributed by atoms with Gasteiger partial charge in [-0.1, -0.05) is 35.9 Å². The zero-order valence-electron chi connectivity index (χ0n) is 20.1. The Balaban J connectivity index is 1.24. The van der Waals surface area contributed by atoms with Crippen molar-refractivity contribution < 1.29 is 0 Å². The molecule has 0 bridgehead atoms. The summed E-state index contributed by atoms with van der Waals surface area (Å²) in [4.78, 5) is 15.1. The maximum Gasteiger partial charge on any atom is 0.229 e. The van der Waals surface area contributed by atoms with Gasteiger partial charge in [0.1, 0.15) is 5.02 Å². The van der Waals surface area contributed by atoms with Gasteiger partial charge < -0.3 is 15.5 Å². The Morgan fingerprint density at radius 2 is 1.66 bits per heavy atom. The number of nitrogens with one attached hydrogen (secondary N) is 2. The number of hydrogen-bond donors (Lipinski definition) is 2.